The van der Waals surface area contributed by atoms with Gasteiger partial charge in [0, 0.05) is 18.1 Å². The van der Waals surface area contributed by atoms with Gasteiger partial charge in [-0.3, -0.25) is 0 Å². The fraction of sp³-hybridized carbons (Fsp3) is 0.400. The number of hydrogen-bond acceptors (Lipinski definition) is 2. The highest BCUT2D eigenvalue weighted by molar-refractivity contribution is 6.31. The molecule has 2 N–H and O–H groups in total. The summed E-state index contributed by atoms with van der Waals surface area (Å²) in [7, 11) is 0. The van der Waals surface area contributed by atoms with E-state index in [1.807, 2.05) is 0 Å². The summed E-state index contributed by atoms with van der Waals surface area (Å²) in [5, 5.41) is 11.2. The minimum atomic E-state index is -4.65. The van der Waals surface area contributed by atoms with E-state index in [9.17, 15) is 17.6 Å². The molecule has 0 saturated heterocycles. The van der Waals surface area contributed by atoms with E-state index in [0.29, 0.717) is 5.56 Å². The Morgan fingerprint density at radius 2 is 2.00 bits per heavy atom. The number of hydrogen-bond donors (Lipinski definition) is 2. The predicted molar refractivity (Wildman–Crippen MR) is 55.2 cm³/mol. The van der Waals surface area contributed by atoms with Crippen LogP contribution in [-0.2, 0) is 6.54 Å². The van der Waals surface area contributed by atoms with Gasteiger partial charge >= 0.3 is 6.18 Å². The maximum Gasteiger partial charge on any atom is 0.415 e. The number of halogens is 5. The van der Waals surface area contributed by atoms with E-state index in [-0.39, 0.29) is 11.6 Å². The molecule has 1 atom stereocenters. The van der Waals surface area contributed by atoms with Crippen LogP contribution in [-0.4, -0.2) is 23.9 Å². The molecule has 0 fully saturated rings. The number of nitrogens with one attached hydrogen (secondary N) is 1. The molecule has 0 bridgehead atoms. The molecule has 0 aliphatic heterocycles. The second-order valence-electron chi connectivity index (χ2n) is 3.42. The Kier molecular flexibility index (Phi) is 4.73. The lowest BCUT2D eigenvalue weighted by molar-refractivity contribution is -0.201. The summed E-state index contributed by atoms with van der Waals surface area (Å²) >= 11 is 5.67. The molecule has 17 heavy (non-hydrogen) atoms. The molecule has 7 heteroatoms. The normalized spacial score (nSPS) is 13.8. The summed E-state index contributed by atoms with van der Waals surface area (Å²) in [5.74, 6) is -0.519. The molecular weight excluding hydrogens is 262 g/mol. The summed E-state index contributed by atoms with van der Waals surface area (Å²) in [4.78, 5) is 0. The van der Waals surface area contributed by atoms with E-state index in [2.05, 4.69) is 5.32 Å². The molecular formula is C10H10ClF4NO. The third-order valence-corrected chi connectivity index (χ3v) is 2.40. The predicted octanol–water partition coefficient (Wildman–Crippen LogP) is 2.49. The van der Waals surface area contributed by atoms with Crippen molar-refractivity contribution in [3.8, 4) is 0 Å². The number of aliphatic hydroxyl groups is 1. The van der Waals surface area contributed by atoms with Gasteiger partial charge in [-0.15, -0.1) is 0 Å². The molecule has 0 heterocycles. The first-order valence-corrected chi connectivity index (χ1v) is 5.08. The Balaban J connectivity index is 2.46. The van der Waals surface area contributed by atoms with Crippen LogP contribution >= 0.6 is 11.6 Å². The number of alkyl halides is 3. The summed E-state index contributed by atoms with van der Waals surface area (Å²) in [6.45, 7) is -0.622. The summed E-state index contributed by atoms with van der Waals surface area (Å²) < 4.78 is 48.5. The highest BCUT2D eigenvalue weighted by Gasteiger charge is 2.37. The van der Waals surface area contributed by atoms with E-state index in [4.69, 9.17) is 16.7 Å². The van der Waals surface area contributed by atoms with E-state index in [1.54, 1.807) is 0 Å². The first-order chi connectivity index (χ1) is 7.80. The Morgan fingerprint density at radius 3 is 2.53 bits per heavy atom. The smallest absolute Gasteiger partial charge is 0.382 e. The van der Waals surface area contributed by atoms with Crippen LogP contribution in [0, 0.1) is 5.82 Å². The number of benzene rings is 1. The lowest BCUT2D eigenvalue weighted by atomic mass is 10.2. The van der Waals surface area contributed by atoms with Crippen molar-refractivity contribution in [3.05, 3.63) is 34.6 Å². The van der Waals surface area contributed by atoms with Gasteiger partial charge in [-0.2, -0.15) is 13.2 Å². The van der Waals surface area contributed by atoms with Crippen LogP contribution in [0.5, 0.6) is 0 Å². The average molecular weight is 272 g/mol. The van der Waals surface area contributed by atoms with Crippen LogP contribution < -0.4 is 5.32 Å². The maximum absolute atomic E-state index is 12.7. The van der Waals surface area contributed by atoms with Crippen molar-refractivity contribution in [1.29, 1.82) is 0 Å². The standard InChI is InChI=1S/C10H10ClF4NO/c11-8-3-7(12)2-1-6(8)4-16-5-9(17)10(13,14)15/h1-3,9,16-17H,4-5H2. The van der Waals surface area contributed by atoms with E-state index in [0.717, 1.165) is 12.1 Å². The third-order valence-electron chi connectivity index (χ3n) is 2.05. The van der Waals surface area contributed by atoms with Crippen molar-refractivity contribution in [1.82, 2.24) is 5.32 Å². The molecule has 0 amide bonds. The van der Waals surface area contributed by atoms with Crippen LogP contribution in [0.2, 0.25) is 5.02 Å². The molecule has 0 radical (unpaired) electrons. The zero-order chi connectivity index (χ0) is 13.1. The molecule has 1 unspecified atom stereocenters. The first-order valence-electron chi connectivity index (χ1n) is 4.70. The minimum Gasteiger partial charge on any atom is -0.382 e. The van der Waals surface area contributed by atoms with Gasteiger partial charge in [0.15, 0.2) is 6.10 Å². The maximum atomic E-state index is 12.7. The quantitative estimate of drug-likeness (QED) is 0.825. The number of aliphatic hydroxyl groups excluding tert-OH is 1. The molecule has 2 nitrogen and oxygen atoms in total. The first kappa shape index (κ1) is 14.2. The van der Waals surface area contributed by atoms with Gasteiger partial charge < -0.3 is 10.4 Å². The summed E-state index contributed by atoms with van der Waals surface area (Å²) in [6, 6.07) is 3.59. The molecule has 1 aromatic carbocycles. The zero-order valence-electron chi connectivity index (χ0n) is 8.56. The fourth-order valence-electron chi connectivity index (χ4n) is 1.12. The monoisotopic (exact) mass is 271 g/mol. The van der Waals surface area contributed by atoms with Crippen molar-refractivity contribution in [2.45, 2.75) is 18.8 Å². The molecule has 0 saturated carbocycles. The van der Waals surface area contributed by atoms with Crippen LogP contribution in [0.4, 0.5) is 17.6 Å². The molecule has 0 aromatic heterocycles. The van der Waals surface area contributed by atoms with Gasteiger partial charge in [0.2, 0.25) is 0 Å². The molecule has 0 aliphatic rings. The van der Waals surface area contributed by atoms with Crippen molar-refractivity contribution < 1.29 is 22.7 Å². The number of rotatable bonds is 4. The lowest BCUT2D eigenvalue weighted by Crippen LogP contribution is -2.38. The van der Waals surface area contributed by atoms with E-state index in [1.165, 1.54) is 6.07 Å². The van der Waals surface area contributed by atoms with Gasteiger partial charge in [0.25, 0.3) is 0 Å². The lowest BCUT2D eigenvalue weighted by Gasteiger charge is -2.15. The highest BCUT2D eigenvalue weighted by atomic mass is 35.5. The fourth-order valence-corrected chi connectivity index (χ4v) is 1.36. The van der Waals surface area contributed by atoms with Crippen molar-refractivity contribution in [3.63, 3.8) is 0 Å². The van der Waals surface area contributed by atoms with E-state index >= 15 is 0 Å². The van der Waals surface area contributed by atoms with E-state index < -0.39 is 24.6 Å². The molecule has 0 aliphatic carbocycles. The molecule has 96 valence electrons. The van der Waals surface area contributed by atoms with Crippen molar-refractivity contribution >= 4 is 11.6 Å². The Hall–Kier alpha value is -0.850. The molecule has 1 aromatic rings. The van der Waals surface area contributed by atoms with Gasteiger partial charge in [0.05, 0.1) is 0 Å². The second kappa shape index (κ2) is 5.66. The third kappa shape index (κ3) is 4.49. The minimum absolute atomic E-state index is 0.0201. The largest absolute Gasteiger partial charge is 0.415 e. The van der Waals surface area contributed by atoms with Gasteiger partial charge in [0.1, 0.15) is 5.82 Å². The van der Waals surface area contributed by atoms with Gasteiger partial charge in [-0.25, -0.2) is 4.39 Å². The summed E-state index contributed by atoms with van der Waals surface area (Å²) in [5.41, 5.74) is 0.461. The van der Waals surface area contributed by atoms with Crippen molar-refractivity contribution in [2.75, 3.05) is 6.54 Å². The van der Waals surface area contributed by atoms with Crippen molar-refractivity contribution in [2.24, 2.45) is 0 Å². The Bertz CT molecular complexity index is 383. The van der Waals surface area contributed by atoms with Crippen LogP contribution in [0.25, 0.3) is 0 Å². The molecule has 1 rings (SSSR count). The SMILES string of the molecule is OC(CNCc1ccc(F)cc1Cl)C(F)(F)F. The second-order valence-corrected chi connectivity index (χ2v) is 3.83. The van der Waals surface area contributed by atoms with Crippen LogP contribution in [0.3, 0.4) is 0 Å². The molecule has 0 spiro atoms. The Labute approximate surface area is 100 Å². The summed E-state index contributed by atoms with van der Waals surface area (Å²) in [6.07, 6.45) is -7.08. The van der Waals surface area contributed by atoms with Gasteiger partial charge in [-0.05, 0) is 17.7 Å². The topological polar surface area (TPSA) is 32.3 Å². The van der Waals surface area contributed by atoms with Crippen LogP contribution in [0.15, 0.2) is 18.2 Å². The van der Waals surface area contributed by atoms with Crippen LogP contribution in [0.1, 0.15) is 5.56 Å². The average Bonchev–Trinajstić information content (AvgIpc) is 2.19. The zero-order valence-corrected chi connectivity index (χ0v) is 9.32. The Morgan fingerprint density at radius 1 is 1.35 bits per heavy atom. The highest BCUT2D eigenvalue weighted by Crippen LogP contribution is 2.20. The van der Waals surface area contributed by atoms with Gasteiger partial charge in [-0.1, -0.05) is 17.7 Å².